The highest BCUT2D eigenvalue weighted by molar-refractivity contribution is 7.15. The molecule has 0 aliphatic carbocycles. The van der Waals surface area contributed by atoms with Gasteiger partial charge in [-0.2, -0.15) is 0 Å². The van der Waals surface area contributed by atoms with Crippen molar-refractivity contribution in [2.75, 3.05) is 38.7 Å². The Morgan fingerprint density at radius 3 is 2.82 bits per heavy atom. The summed E-state index contributed by atoms with van der Waals surface area (Å²) in [6.45, 7) is 6.63. The molecule has 0 bridgehead atoms. The SMILES string of the molecule is COCC(C)NC(=O)CN1CCC(c2cccc(Nc3nnc(C)s3)n2)CC1. The molecule has 0 aromatic carbocycles. The Morgan fingerprint density at radius 1 is 1.36 bits per heavy atom. The molecule has 3 heterocycles. The number of ether oxygens (including phenoxy) is 1. The normalized spacial score (nSPS) is 16.7. The van der Waals surface area contributed by atoms with E-state index in [9.17, 15) is 4.79 Å². The van der Waals surface area contributed by atoms with Gasteiger partial charge in [0.15, 0.2) is 0 Å². The number of carbonyl (C=O) groups excluding carboxylic acids is 1. The van der Waals surface area contributed by atoms with E-state index in [2.05, 4.69) is 31.8 Å². The maximum Gasteiger partial charge on any atom is 0.234 e. The lowest BCUT2D eigenvalue weighted by molar-refractivity contribution is -0.123. The van der Waals surface area contributed by atoms with Crippen LogP contribution in [-0.2, 0) is 9.53 Å². The van der Waals surface area contributed by atoms with Crippen LogP contribution in [0.2, 0.25) is 0 Å². The lowest BCUT2D eigenvalue weighted by atomic mass is 9.93. The van der Waals surface area contributed by atoms with Gasteiger partial charge in [-0.15, -0.1) is 10.2 Å². The summed E-state index contributed by atoms with van der Waals surface area (Å²) in [4.78, 5) is 19.1. The summed E-state index contributed by atoms with van der Waals surface area (Å²) in [5, 5.41) is 16.0. The number of aryl methyl sites for hydroxylation is 1. The summed E-state index contributed by atoms with van der Waals surface area (Å²) in [6, 6.07) is 6.08. The van der Waals surface area contributed by atoms with Crippen molar-refractivity contribution in [1.82, 2.24) is 25.4 Å². The van der Waals surface area contributed by atoms with Crippen molar-refractivity contribution >= 4 is 28.2 Å². The van der Waals surface area contributed by atoms with Crippen molar-refractivity contribution in [2.24, 2.45) is 0 Å². The third-order valence-electron chi connectivity index (χ3n) is 4.73. The van der Waals surface area contributed by atoms with Crippen molar-refractivity contribution in [2.45, 2.75) is 38.6 Å². The molecule has 152 valence electrons. The largest absolute Gasteiger partial charge is 0.383 e. The van der Waals surface area contributed by atoms with Crippen molar-refractivity contribution in [1.29, 1.82) is 0 Å². The van der Waals surface area contributed by atoms with Crippen LogP contribution in [0.25, 0.3) is 0 Å². The van der Waals surface area contributed by atoms with Gasteiger partial charge in [0.25, 0.3) is 0 Å². The summed E-state index contributed by atoms with van der Waals surface area (Å²) in [6.07, 6.45) is 1.99. The minimum atomic E-state index is 0.0336. The Hall–Kier alpha value is -2.10. The standard InChI is InChI=1S/C19H28N6O2S/c1-13(12-27-3)20-18(26)11-25-9-7-15(8-10-25)16-5-4-6-17(21-16)22-19-24-23-14(2)28-19/h4-6,13,15H,7-12H2,1-3H3,(H,20,26)(H,21,22,24). The lowest BCUT2D eigenvalue weighted by Crippen LogP contribution is -2.44. The van der Waals surface area contributed by atoms with Crippen molar-refractivity contribution in [3.05, 3.63) is 28.9 Å². The Kier molecular flexibility index (Phi) is 7.30. The van der Waals surface area contributed by atoms with Crippen LogP contribution in [-0.4, -0.2) is 65.4 Å². The Labute approximate surface area is 169 Å². The molecule has 2 aromatic rings. The van der Waals surface area contributed by atoms with E-state index in [1.165, 1.54) is 11.3 Å². The molecule has 8 nitrogen and oxygen atoms in total. The lowest BCUT2D eigenvalue weighted by Gasteiger charge is -2.31. The molecular formula is C19H28N6O2S. The molecule has 3 rings (SSSR count). The topological polar surface area (TPSA) is 92.3 Å². The Bertz CT molecular complexity index is 775. The highest BCUT2D eigenvalue weighted by Crippen LogP contribution is 2.28. The molecule has 1 aliphatic rings. The number of methoxy groups -OCH3 is 1. The molecule has 2 aromatic heterocycles. The van der Waals surface area contributed by atoms with Crippen LogP contribution in [0.1, 0.15) is 36.4 Å². The summed E-state index contributed by atoms with van der Waals surface area (Å²) in [7, 11) is 1.64. The smallest absolute Gasteiger partial charge is 0.234 e. The molecule has 1 fully saturated rings. The molecule has 9 heteroatoms. The second-order valence-electron chi connectivity index (χ2n) is 7.17. The second-order valence-corrected chi connectivity index (χ2v) is 8.35. The number of nitrogens with zero attached hydrogens (tertiary/aromatic N) is 4. The van der Waals surface area contributed by atoms with Crippen LogP contribution in [0, 0.1) is 6.92 Å². The fraction of sp³-hybridized carbons (Fsp3) is 0.579. The predicted molar refractivity (Wildman–Crippen MR) is 110 cm³/mol. The number of rotatable bonds is 8. The number of aromatic nitrogens is 3. The average Bonchev–Trinajstić information content (AvgIpc) is 3.07. The molecule has 1 saturated heterocycles. The summed E-state index contributed by atoms with van der Waals surface area (Å²) < 4.78 is 5.06. The van der Waals surface area contributed by atoms with E-state index in [4.69, 9.17) is 9.72 Å². The second kappa shape index (κ2) is 9.90. The number of hydrogen-bond acceptors (Lipinski definition) is 8. The molecule has 0 spiro atoms. The number of carbonyl (C=O) groups is 1. The van der Waals surface area contributed by atoms with Gasteiger partial charge < -0.3 is 15.4 Å². The van der Waals surface area contributed by atoms with Crippen LogP contribution in [0.15, 0.2) is 18.2 Å². The van der Waals surface area contributed by atoms with Crippen molar-refractivity contribution in [3.8, 4) is 0 Å². The monoisotopic (exact) mass is 404 g/mol. The zero-order valence-corrected chi connectivity index (χ0v) is 17.5. The van der Waals surface area contributed by atoms with E-state index in [-0.39, 0.29) is 11.9 Å². The van der Waals surface area contributed by atoms with Crippen molar-refractivity contribution < 1.29 is 9.53 Å². The number of nitrogens with one attached hydrogen (secondary N) is 2. The van der Waals surface area contributed by atoms with Gasteiger partial charge in [0, 0.05) is 24.8 Å². The van der Waals surface area contributed by atoms with Gasteiger partial charge in [-0.3, -0.25) is 9.69 Å². The number of likely N-dealkylation sites (tertiary alicyclic amines) is 1. The number of anilines is 2. The minimum Gasteiger partial charge on any atom is -0.383 e. The zero-order chi connectivity index (χ0) is 19.9. The van der Waals surface area contributed by atoms with E-state index < -0.39 is 0 Å². The van der Waals surface area contributed by atoms with E-state index in [0.29, 0.717) is 19.1 Å². The first-order valence-corrected chi connectivity index (χ1v) is 10.4. The zero-order valence-electron chi connectivity index (χ0n) is 16.6. The van der Waals surface area contributed by atoms with Gasteiger partial charge in [0.2, 0.25) is 11.0 Å². The van der Waals surface area contributed by atoms with Crippen molar-refractivity contribution in [3.63, 3.8) is 0 Å². The summed E-state index contributed by atoms with van der Waals surface area (Å²) in [5.41, 5.74) is 1.09. The van der Waals surface area contributed by atoms with E-state index in [0.717, 1.165) is 47.6 Å². The minimum absolute atomic E-state index is 0.0336. The first-order chi connectivity index (χ1) is 13.5. The van der Waals surface area contributed by atoms with Gasteiger partial charge in [-0.05, 0) is 51.9 Å². The third kappa shape index (κ3) is 5.95. The summed E-state index contributed by atoms with van der Waals surface area (Å²) in [5.74, 6) is 1.26. The molecular weight excluding hydrogens is 376 g/mol. The Morgan fingerprint density at radius 2 is 2.14 bits per heavy atom. The fourth-order valence-corrected chi connectivity index (χ4v) is 4.01. The number of pyridine rings is 1. The number of amides is 1. The molecule has 0 radical (unpaired) electrons. The highest BCUT2D eigenvalue weighted by atomic mass is 32.1. The quantitative estimate of drug-likeness (QED) is 0.697. The van der Waals surface area contributed by atoms with Gasteiger partial charge in [-0.1, -0.05) is 17.4 Å². The molecule has 28 heavy (non-hydrogen) atoms. The Balaban J connectivity index is 1.49. The van der Waals surface area contributed by atoms with Crippen LogP contribution in [0.5, 0.6) is 0 Å². The molecule has 1 amide bonds. The average molecular weight is 405 g/mol. The van der Waals surface area contributed by atoms with E-state index in [1.54, 1.807) is 7.11 Å². The van der Waals surface area contributed by atoms with Crippen LogP contribution in [0.3, 0.4) is 0 Å². The van der Waals surface area contributed by atoms with Gasteiger partial charge in [0.05, 0.1) is 13.2 Å². The maximum absolute atomic E-state index is 12.1. The highest BCUT2D eigenvalue weighted by Gasteiger charge is 2.23. The van der Waals surface area contributed by atoms with Gasteiger partial charge in [0.1, 0.15) is 10.8 Å². The molecule has 1 unspecified atom stereocenters. The van der Waals surface area contributed by atoms with Crippen LogP contribution >= 0.6 is 11.3 Å². The fourth-order valence-electron chi connectivity index (χ4n) is 3.41. The van der Waals surface area contributed by atoms with Crippen LogP contribution < -0.4 is 10.6 Å². The number of hydrogen-bond donors (Lipinski definition) is 2. The molecule has 2 N–H and O–H groups in total. The van der Waals surface area contributed by atoms with E-state index >= 15 is 0 Å². The van der Waals surface area contributed by atoms with E-state index in [1.807, 2.05) is 26.0 Å². The molecule has 0 saturated carbocycles. The number of piperidine rings is 1. The maximum atomic E-state index is 12.1. The van der Waals surface area contributed by atoms with Gasteiger partial charge in [-0.25, -0.2) is 4.98 Å². The first-order valence-electron chi connectivity index (χ1n) is 9.58. The van der Waals surface area contributed by atoms with Gasteiger partial charge >= 0.3 is 0 Å². The summed E-state index contributed by atoms with van der Waals surface area (Å²) >= 11 is 1.51. The van der Waals surface area contributed by atoms with Crippen LogP contribution in [0.4, 0.5) is 10.9 Å². The predicted octanol–water partition coefficient (Wildman–Crippen LogP) is 2.32. The third-order valence-corrected chi connectivity index (χ3v) is 5.48. The molecule has 1 atom stereocenters. The first kappa shape index (κ1) is 20.6. The molecule has 1 aliphatic heterocycles.